The summed E-state index contributed by atoms with van der Waals surface area (Å²) in [6.45, 7) is 6.53. The topological polar surface area (TPSA) is 78.9 Å². The first-order chi connectivity index (χ1) is 39.0. The fourth-order valence-electron chi connectivity index (χ4n) is 10.1. The number of hydrogen-bond donors (Lipinski definition) is 0. The van der Waals surface area contributed by atoms with Gasteiger partial charge in [0.1, 0.15) is 13.2 Å². The first-order valence-electron chi connectivity index (χ1n) is 34.4. The van der Waals surface area contributed by atoms with Crippen LogP contribution in [0.25, 0.3) is 0 Å². The standard InChI is InChI=1S/C73H130O6/c1-4-7-10-13-16-19-22-25-28-31-34-36-39-41-44-47-50-53-56-59-62-65-71(74)77-68-70(79-73(76)67-64-61-58-55-52-49-46-43-38-33-30-27-24-21-18-15-12-9-6-3)69-78-72(75)66-63-60-57-54-51-48-45-42-40-37-35-32-29-26-23-20-17-14-11-8-5-2/h9,12,18,21,27,30,38,43,49,52,58,61,70H,4-8,10-11,13-17,19-20,22-26,28-29,31-37,39-42,44-48,50-51,53-57,59-60,62-69H2,1-3H3/b12-9-,21-18-,30-27-,43-38-,52-49-,61-58-. The molecule has 0 atom stereocenters. The van der Waals surface area contributed by atoms with Gasteiger partial charge in [-0.15, -0.1) is 0 Å². The first kappa shape index (κ1) is 75.8. The Balaban J connectivity index is 4.41. The van der Waals surface area contributed by atoms with Crippen molar-refractivity contribution in [2.24, 2.45) is 0 Å². The van der Waals surface area contributed by atoms with Crippen LogP contribution in [0.4, 0.5) is 0 Å². The number of unbranched alkanes of at least 4 members (excludes halogenated alkanes) is 40. The molecule has 0 aromatic carbocycles. The van der Waals surface area contributed by atoms with E-state index >= 15 is 0 Å². The number of carbonyl (C=O) groups excluding carboxylic acids is 3. The summed E-state index contributed by atoms with van der Waals surface area (Å²) in [6, 6.07) is 0. The average molecular weight is 1100 g/mol. The van der Waals surface area contributed by atoms with Crippen molar-refractivity contribution < 1.29 is 28.6 Å². The van der Waals surface area contributed by atoms with E-state index < -0.39 is 6.10 Å². The molecule has 458 valence electrons. The van der Waals surface area contributed by atoms with E-state index in [2.05, 4.69) is 87.6 Å². The van der Waals surface area contributed by atoms with Gasteiger partial charge in [-0.05, 0) is 57.8 Å². The lowest BCUT2D eigenvalue weighted by molar-refractivity contribution is -0.166. The van der Waals surface area contributed by atoms with Gasteiger partial charge >= 0.3 is 17.9 Å². The van der Waals surface area contributed by atoms with Crippen molar-refractivity contribution in [3.05, 3.63) is 72.9 Å². The summed E-state index contributed by atoms with van der Waals surface area (Å²) < 4.78 is 16.9. The number of carbonyl (C=O) groups is 3. The number of allylic oxidation sites excluding steroid dienone is 12. The lowest BCUT2D eigenvalue weighted by atomic mass is 10.0. The van der Waals surface area contributed by atoms with E-state index in [0.717, 1.165) is 77.0 Å². The van der Waals surface area contributed by atoms with E-state index in [4.69, 9.17) is 14.2 Å². The zero-order valence-electron chi connectivity index (χ0n) is 52.6. The van der Waals surface area contributed by atoms with Gasteiger partial charge in [0, 0.05) is 19.3 Å². The van der Waals surface area contributed by atoms with Crippen LogP contribution in [0.3, 0.4) is 0 Å². The van der Waals surface area contributed by atoms with Gasteiger partial charge in [-0.1, -0.05) is 351 Å². The van der Waals surface area contributed by atoms with E-state index in [1.54, 1.807) is 0 Å². The summed E-state index contributed by atoms with van der Waals surface area (Å²) >= 11 is 0. The maximum absolute atomic E-state index is 12.9. The van der Waals surface area contributed by atoms with Crippen LogP contribution in [-0.4, -0.2) is 37.2 Å². The molecule has 6 nitrogen and oxygen atoms in total. The van der Waals surface area contributed by atoms with Gasteiger partial charge in [-0.3, -0.25) is 14.4 Å². The second kappa shape index (κ2) is 67.4. The minimum absolute atomic E-state index is 0.101. The Kier molecular flexibility index (Phi) is 64.7. The summed E-state index contributed by atoms with van der Waals surface area (Å²) in [5.74, 6) is -0.962. The Morgan fingerprint density at radius 2 is 0.494 bits per heavy atom. The largest absolute Gasteiger partial charge is 0.462 e. The molecule has 0 aliphatic carbocycles. The third-order valence-electron chi connectivity index (χ3n) is 15.2. The number of ether oxygens (including phenoxy) is 3. The lowest BCUT2D eigenvalue weighted by Gasteiger charge is -2.18. The minimum Gasteiger partial charge on any atom is -0.462 e. The smallest absolute Gasteiger partial charge is 0.306 e. The molecule has 0 saturated carbocycles. The molecule has 0 rings (SSSR count). The van der Waals surface area contributed by atoms with Crippen LogP contribution in [0.2, 0.25) is 0 Å². The zero-order valence-corrected chi connectivity index (χ0v) is 52.6. The van der Waals surface area contributed by atoms with E-state index in [-0.39, 0.29) is 37.5 Å². The fraction of sp³-hybridized carbons (Fsp3) is 0.795. The Morgan fingerprint density at radius 1 is 0.266 bits per heavy atom. The second-order valence-electron chi connectivity index (χ2n) is 23.1. The molecular weight excluding hydrogens is 973 g/mol. The van der Waals surface area contributed by atoms with Crippen molar-refractivity contribution in [2.45, 2.75) is 361 Å². The molecule has 0 heterocycles. The van der Waals surface area contributed by atoms with Crippen molar-refractivity contribution >= 4 is 17.9 Å². The van der Waals surface area contributed by atoms with Crippen LogP contribution in [0.5, 0.6) is 0 Å². The maximum atomic E-state index is 12.9. The van der Waals surface area contributed by atoms with E-state index in [0.29, 0.717) is 19.3 Å². The Hall–Kier alpha value is -3.15. The van der Waals surface area contributed by atoms with Gasteiger partial charge in [0.2, 0.25) is 0 Å². The molecule has 0 spiro atoms. The molecule has 0 aliphatic heterocycles. The fourth-order valence-corrected chi connectivity index (χ4v) is 10.1. The summed E-state index contributed by atoms with van der Waals surface area (Å²) in [5.41, 5.74) is 0. The Labute approximate surface area is 491 Å². The molecule has 0 unspecified atom stereocenters. The van der Waals surface area contributed by atoms with Gasteiger partial charge in [0.15, 0.2) is 6.10 Å². The van der Waals surface area contributed by atoms with Gasteiger partial charge < -0.3 is 14.2 Å². The van der Waals surface area contributed by atoms with E-state index in [1.165, 1.54) is 231 Å². The summed E-state index contributed by atoms with van der Waals surface area (Å²) in [4.78, 5) is 38.4. The molecule has 79 heavy (non-hydrogen) atoms. The van der Waals surface area contributed by atoms with Gasteiger partial charge in [0.25, 0.3) is 0 Å². The maximum Gasteiger partial charge on any atom is 0.306 e. The molecule has 6 heteroatoms. The van der Waals surface area contributed by atoms with Gasteiger partial charge in [0.05, 0.1) is 0 Å². The molecule has 0 aliphatic rings. The number of esters is 3. The highest BCUT2D eigenvalue weighted by Gasteiger charge is 2.19. The monoisotopic (exact) mass is 1100 g/mol. The number of hydrogen-bond acceptors (Lipinski definition) is 6. The van der Waals surface area contributed by atoms with Crippen LogP contribution in [0.15, 0.2) is 72.9 Å². The predicted molar refractivity (Wildman–Crippen MR) is 344 cm³/mol. The minimum atomic E-state index is -0.815. The SMILES string of the molecule is CC/C=C\C/C=C\C/C=C\C/C=C\C/C=C\C/C=C\CCC(=O)OC(COC(=O)CCCCCCCCCCCCCCCCCCCCCCC)COC(=O)CCCCCCCCCCCCCCCCCCCCCCC. The summed E-state index contributed by atoms with van der Waals surface area (Å²) in [6.07, 6.45) is 88.0. The average Bonchev–Trinajstić information content (AvgIpc) is 3.45. The normalized spacial score (nSPS) is 12.2. The zero-order chi connectivity index (χ0) is 57.1. The highest BCUT2D eigenvalue weighted by molar-refractivity contribution is 5.71. The van der Waals surface area contributed by atoms with Crippen molar-refractivity contribution in [3.8, 4) is 0 Å². The highest BCUT2D eigenvalue weighted by Crippen LogP contribution is 2.18. The third-order valence-corrected chi connectivity index (χ3v) is 15.2. The van der Waals surface area contributed by atoms with Crippen LogP contribution in [0.1, 0.15) is 355 Å². The van der Waals surface area contributed by atoms with Crippen molar-refractivity contribution in [2.75, 3.05) is 13.2 Å². The van der Waals surface area contributed by atoms with Crippen LogP contribution >= 0.6 is 0 Å². The molecule has 0 saturated heterocycles. The summed E-state index contributed by atoms with van der Waals surface area (Å²) in [7, 11) is 0. The van der Waals surface area contributed by atoms with Crippen LogP contribution in [-0.2, 0) is 28.6 Å². The van der Waals surface area contributed by atoms with E-state index in [9.17, 15) is 14.4 Å². The molecule has 0 aromatic rings. The van der Waals surface area contributed by atoms with Crippen molar-refractivity contribution in [1.29, 1.82) is 0 Å². The first-order valence-corrected chi connectivity index (χ1v) is 34.4. The molecule has 0 aromatic heterocycles. The van der Waals surface area contributed by atoms with Gasteiger partial charge in [-0.25, -0.2) is 0 Å². The predicted octanol–water partition coefficient (Wildman–Crippen LogP) is 23.7. The van der Waals surface area contributed by atoms with Crippen LogP contribution in [0, 0.1) is 0 Å². The van der Waals surface area contributed by atoms with Crippen LogP contribution < -0.4 is 0 Å². The van der Waals surface area contributed by atoms with E-state index in [1.807, 2.05) is 6.08 Å². The molecule has 0 N–H and O–H groups in total. The van der Waals surface area contributed by atoms with Crippen molar-refractivity contribution in [1.82, 2.24) is 0 Å². The Morgan fingerprint density at radius 3 is 0.747 bits per heavy atom. The number of rotatable bonds is 63. The summed E-state index contributed by atoms with van der Waals surface area (Å²) in [5, 5.41) is 0. The molecular formula is C73H130O6. The second-order valence-corrected chi connectivity index (χ2v) is 23.1. The highest BCUT2D eigenvalue weighted by atomic mass is 16.6. The van der Waals surface area contributed by atoms with Crippen molar-refractivity contribution in [3.63, 3.8) is 0 Å². The van der Waals surface area contributed by atoms with Gasteiger partial charge in [-0.2, -0.15) is 0 Å². The molecule has 0 fully saturated rings. The third kappa shape index (κ3) is 65.5. The molecule has 0 amide bonds. The lowest BCUT2D eigenvalue weighted by Crippen LogP contribution is -2.30. The molecule has 0 radical (unpaired) electrons. The Bertz CT molecular complexity index is 1390. The quantitative estimate of drug-likeness (QED) is 0.0261. The molecule has 0 bridgehead atoms.